The summed E-state index contributed by atoms with van der Waals surface area (Å²) in [5.74, 6) is 0.958. The van der Waals surface area contributed by atoms with Gasteiger partial charge in [-0.05, 0) is 37.1 Å². The lowest BCUT2D eigenvalue weighted by atomic mass is 10.1. The summed E-state index contributed by atoms with van der Waals surface area (Å²) in [7, 11) is 4.56. The molecule has 0 aliphatic carbocycles. The molecule has 0 saturated carbocycles. The molecule has 1 N–H and O–H groups in total. The molecule has 0 bridgehead atoms. The van der Waals surface area contributed by atoms with Crippen molar-refractivity contribution in [3.05, 3.63) is 47.5 Å². The molecule has 2 amide bonds. The first-order valence-corrected chi connectivity index (χ1v) is 9.08. The van der Waals surface area contributed by atoms with Crippen LogP contribution in [0.2, 0.25) is 0 Å². The van der Waals surface area contributed by atoms with Gasteiger partial charge >= 0.3 is 0 Å². The first-order valence-electron chi connectivity index (χ1n) is 9.08. The number of carbonyl (C=O) groups is 2. The standard InChI is InChI=1S/C21H24N2O5/c1-26-15-8-6-7-14(11-15)20(24)22-17-13-19(28-3)18(27-2)12-16(17)21(25)23-9-4-5-10-23/h6-8,11-13H,4-5,9-10H2,1-3H3,(H,22,24). The molecule has 3 rings (SSSR count). The van der Waals surface area contributed by atoms with Crippen molar-refractivity contribution >= 4 is 17.5 Å². The minimum Gasteiger partial charge on any atom is -0.497 e. The van der Waals surface area contributed by atoms with Crippen LogP contribution in [0.15, 0.2) is 36.4 Å². The Hall–Kier alpha value is -3.22. The fourth-order valence-corrected chi connectivity index (χ4v) is 3.21. The monoisotopic (exact) mass is 384 g/mol. The van der Waals surface area contributed by atoms with Crippen LogP contribution in [0, 0.1) is 0 Å². The highest BCUT2D eigenvalue weighted by molar-refractivity contribution is 6.09. The Morgan fingerprint density at radius 3 is 2.25 bits per heavy atom. The lowest BCUT2D eigenvalue weighted by molar-refractivity contribution is 0.0793. The Labute approximate surface area is 164 Å². The van der Waals surface area contributed by atoms with Crippen LogP contribution >= 0.6 is 0 Å². The zero-order valence-corrected chi connectivity index (χ0v) is 16.3. The molecular weight excluding hydrogens is 360 g/mol. The van der Waals surface area contributed by atoms with Crippen molar-refractivity contribution in [3.63, 3.8) is 0 Å². The lowest BCUT2D eigenvalue weighted by Gasteiger charge is -2.20. The number of benzene rings is 2. The molecular formula is C21H24N2O5. The predicted octanol–water partition coefficient (Wildman–Crippen LogP) is 3.20. The van der Waals surface area contributed by atoms with E-state index in [-0.39, 0.29) is 11.8 Å². The van der Waals surface area contributed by atoms with Gasteiger partial charge < -0.3 is 24.4 Å². The van der Waals surface area contributed by atoms with E-state index in [0.717, 1.165) is 12.8 Å². The van der Waals surface area contributed by atoms with E-state index in [0.29, 0.717) is 47.2 Å². The van der Waals surface area contributed by atoms with E-state index in [1.165, 1.54) is 21.3 Å². The third-order valence-corrected chi connectivity index (χ3v) is 4.73. The van der Waals surface area contributed by atoms with Gasteiger partial charge in [-0.15, -0.1) is 0 Å². The van der Waals surface area contributed by atoms with Gasteiger partial charge in [0.2, 0.25) is 0 Å². The number of likely N-dealkylation sites (tertiary alicyclic amines) is 1. The van der Waals surface area contributed by atoms with Gasteiger partial charge in [0, 0.05) is 24.7 Å². The number of amides is 2. The van der Waals surface area contributed by atoms with Gasteiger partial charge in [-0.1, -0.05) is 6.07 Å². The van der Waals surface area contributed by atoms with Crippen molar-refractivity contribution in [1.82, 2.24) is 4.90 Å². The minimum absolute atomic E-state index is 0.139. The topological polar surface area (TPSA) is 77.1 Å². The van der Waals surface area contributed by atoms with Crippen molar-refractivity contribution < 1.29 is 23.8 Å². The number of nitrogens with one attached hydrogen (secondary N) is 1. The molecule has 1 fully saturated rings. The average molecular weight is 384 g/mol. The van der Waals surface area contributed by atoms with E-state index >= 15 is 0 Å². The molecule has 0 spiro atoms. The highest BCUT2D eigenvalue weighted by Crippen LogP contribution is 2.34. The molecule has 7 nitrogen and oxygen atoms in total. The molecule has 0 radical (unpaired) electrons. The minimum atomic E-state index is -0.346. The SMILES string of the molecule is COc1cccc(C(=O)Nc2cc(OC)c(OC)cc2C(=O)N2CCCC2)c1. The fourth-order valence-electron chi connectivity index (χ4n) is 3.21. The Kier molecular flexibility index (Phi) is 6.03. The summed E-state index contributed by atoms with van der Waals surface area (Å²) in [5.41, 5.74) is 1.17. The number of ether oxygens (including phenoxy) is 3. The number of hydrogen-bond donors (Lipinski definition) is 1. The van der Waals surface area contributed by atoms with Crippen LogP contribution in [0.4, 0.5) is 5.69 Å². The van der Waals surface area contributed by atoms with Gasteiger partial charge in [0.25, 0.3) is 11.8 Å². The maximum absolute atomic E-state index is 13.0. The van der Waals surface area contributed by atoms with Crippen molar-refractivity contribution in [2.24, 2.45) is 0 Å². The third kappa shape index (κ3) is 4.03. The van der Waals surface area contributed by atoms with Gasteiger partial charge in [0.05, 0.1) is 32.6 Å². The summed E-state index contributed by atoms with van der Waals surface area (Å²) in [5, 5.41) is 2.83. The smallest absolute Gasteiger partial charge is 0.256 e. The summed E-state index contributed by atoms with van der Waals surface area (Å²) in [6.45, 7) is 1.41. The summed E-state index contributed by atoms with van der Waals surface area (Å²) in [4.78, 5) is 27.6. The van der Waals surface area contributed by atoms with Crippen LogP contribution in [0.1, 0.15) is 33.6 Å². The van der Waals surface area contributed by atoms with Crippen molar-refractivity contribution in [2.75, 3.05) is 39.7 Å². The van der Waals surface area contributed by atoms with E-state index in [1.807, 2.05) is 0 Å². The highest BCUT2D eigenvalue weighted by atomic mass is 16.5. The van der Waals surface area contributed by atoms with Crippen LogP contribution in [0.5, 0.6) is 17.2 Å². The van der Waals surface area contributed by atoms with Gasteiger partial charge in [-0.3, -0.25) is 9.59 Å². The lowest BCUT2D eigenvalue weighted by Crippen LogP contribution is -2.29. The maximum atomic E-state index is 13.0. The molecule has 0 aromatic heterocycles. The molecule has 148 valence electrons. The van der Waals surface area contributed by atoms with Crippen LogP contribution < -0.4 is 19.5 Å². The van der Waals surface area contributed by atoms with Crippen LogP contribution in [-0.4, -0.2) is 51.1 Å². The zero-order valence-electron chi connectivity index (χ0n) is 16.3. The van der Waals surface area contributed by atoms with Gasteiger partial charge in [-0.25, -0.2) is 0 Å². The number of nitrogens with zero attached hydrogens (tertiary/aromatic N) is 1. The predicted molar refractivity (Wildman–Crippen MR) is 106 cm³/mol. The van der Waals surface area contributed by atoms with Crippen molar-refractivity contribution in [1.29, 1.82) is 0 Å². The van der Waals surface area contributed by atoms with Gasteiger partial charge in [0.15, 0.2) is 11.5 Å². The van der Waals surface area contributed by atoms with Crippen LogP contribution in [0.25, 0.3) is 0 Å². The first-order chi connectivity index (χ1) is 13.6. The van der Waals surface area contributed by atoms with Crippen molar-refractivity contribution in [2.45, 2.75) is 12.8 Å². The first kappa shape index (κ1) is 19.5. The summed E-state index contributed by atoms with van der Waals surface area (Å²) in [6.07, 6.45) is 1.95. The second-order valence-corrected chi connectivity index (χ2v) is 6.44. The second-order valence-electron chi connectivity index (χ2n) is 6.44. The van der Waals surface area contributed by atoms with E-state index in [1.54, 1.807) is 41.3 Å². The second kappa shape index (κ2) is 8.65. The molecule has 2 aromatic rings. The van der Waals surface area contributed by atoms with E-state index in [9.17, 15) is 9.59 Å². The zero-order chi connectivity index (χ0) is 20.1. The molecule has 1 aliphatic rings. The number of anilines is 1. The highest BCUT2D eigenvalue weighted by Gasteiger charge is 2.25. The molecule has 7 heteroatoms. The Bertz CT molecular complexity index is 875. The van der Waals surface area contributed by atoms with Gasteiger partial charge in [-0.2, -0.15) is 0 Å². The normalized spacial score (nSPS) is 13.2. The van der Waals surface area contributed by atoms with E-state index in [2.05, 4.69) is 5.32 Å². The van der Waals surface area contributed by atoms with Crippen LogP contribution in [-0.2, 0) is 0 Å². The average Bonchev–Trinajstić information content (AvgIpc) is 3.27. The largest absolute Gasteiger partial charge is 0.497 e. The van der Waals surface area contributed by atoms with Crippen molar-refractivity contribution in [3.8, 4) is 17.2 Å². The number of carbonyl (C=O) groups excluding carboxylic acids is 2. The molecule has 1 aliphatic heterocycles. The number of hydrogen-bond acceptors (Lipinski definition) is 5. The molecule has 1 heterocycles. The summed E-state index contributed by atoms with van der Waals surface area (Å²) < 4.78 is 15.9. The van der Waals surface area contributed by atoms with E-state index < -0.39 is 0 Å². The number of methoxy groups -OCH3 is 3. The molecule has 1 saturated heterocycles. The summed E-state index contributed by atoms with van der Waals surface area (Å²) >= 11 is 0. The maximum Gasteiger partial charge on any atom is 0.256 e. The van der Waals surface area contributed by atoms with E-state index in [4.69, 9.17) is 14.2 Å². The Balaban J connectivity index is 1.97. The number of rotatable bonds is 6. The molecule has 28 heavy (non-hydrogen) atoms. The Morgan fingerprint density at radius 2 is 1.61 bits per heavy atom. The fraction of sp³-hybridized carbons (Fsp3) is 0.333. The summed E-state index contributed by atoms with van der Waals surface area (Å²) in [6, 6.07) is 10.0. The quantitative estimate of drug-likeness (QED) is 0.828. The molecule has 0 unspecified atom stereocenters. The molecule has 2 aromatic carbocycles. The van der Waals surface area contributed by atoms with Crippen LogP contribution in [0.3, 0.4) is 0 Å². The Morgan fingerprint density at radius 1 is 0.929 bits per heavy atom. The van der Waals surface area contributed by atoms with Gasteiger partial charge in [0.1, 0.15) is 5.75 Å². The molecule has 0 atom stereocenters. The third-order valence-electron chi connectivity index (χ3n) is 4.73.